The summed E-state index contributed by atoms with van der Waals surface area (Å²) in [5.74, 6) is 2.03. The van der Waals surface area contributed by atoms with Crippen molar-refractivity contribution in [3.8, 4) is 11.5 Å². The van der Waals surface area contributed by atoms with Crippen molar-refractivity contribution in [2.45, 2.75) is 27.2 Å². The molecule has 0 atom stereocenters. The van der Waals surface area contributed by atoms with Gasteiger partial charge in [-0.05, 0) is 73.4 Å². The van der Waals surface area contributed by atoms with E-state index in [0.717, 1.165) is 17.9 Å². The summed E-state index contributed by atoms with van der Waals surface area (Å²) in [5.41, 5.74) is 8.91. The Labute approximate surface area is 165 Å². The Balaban J connectivity index is 1.62. The topological polar surface area (TPSA) is 77.2 Å². The summed E-state index contributed by atoms with van der Waals surface area (Å²) in [6.45, 7) is 6.23. The average Bonchev–Trinajstić information content (AvgIpc) is 2.64. The van der Waals surface area contributed by atoms with Crippen LogP contribution in [0.25, 0.3) is 0 Å². The van der Waals surface area contributed by atoms with Gasteiger partial charge in [0.05, 0.1) is 5.56 Å². The molecule has 5 heteroatoms. The van der Waals surface area contributed by atoms with E-state index in [4.69, 9.17) is 10.5 Å². The fraction of sp³-hybridized carbons (Fsp3) is 0.217. The van der Waals surface area contributed by atoms with E-state index in [1.807, 2.05) is 31.2 Å². The summed E-state index contributed by atoms with van der Waals surface area (Å²) in [4.78, 5) is 16.5. The van der Waals surface area contributed by atoms with Gasteiger partial charge >= 0.3 is 0 Å². The van der Waals surface area contributed by atoms with Crippen LogP contribution in [0.1, 0.15) is 35.5 Å². The van der Waals surface area contributed by atoms with Gasteiger partial charge in [0, 0.05) is 11.4 Å². The maximum atomic E-state index is 12.4. The van der Waals surface area contributed by atoms with Crippen molar-refractivity contribution in [2.24, 2.45) is 5.92 Å². The van der Waals surface area contributed by atoms with Gasteiger partial charge in [-0.1, -0.05) is 26.0 Å². The van der Waals surface area contributed by atoms with E-state index in [0.29, 0.717) is 22.9 Å². The van der Waals surface area contributed by atoms with E-state index < -0.39 is 0 Å². The normalized spacial score (nSPS) is 10.7. The van der Waals surface area contributed by atoms with Crippen LogP contribution in [0.5, 0.6) is 11.5 Å². The molecule has 3 rings (SSSR count). The standard InChI is InChI=1S/C23H25N3O2/c1-15(2)14-17-5-9-19(10-6-17)28-20-11-7-18(8-12-20)26-23(27)21-13-4-16(3)25-22(21)24/h4-13,15H,14H2,1-3H3,(H2,24,25)(H,26,27). The summed E-state index contributed by atoms with van der Waals surface area (Å²) in [6, 6.07) is 18.8. The van der Waals surface area contributed by atoms with Crippen LogP contribution in [-0.4, -0.2) is 10.9 Å². The van der Waals surface area contributed by atoms with Crippen molar-refractivity contribution >= 4 is 17.4 Å². The monoisotopic (exact) mass is 375 g/mol. The Hall–Kier alpha value is -3.34. The maximum absolute atomic E-state index is 12.4. The lowest BCUT2D eigenvalue weighted by Crippen LogP contribution is -2.15. The highest BCUT2D eigenvalue weighted by molar-refractivity contribution is 6.07. The van der Waals surface area contributed by atoms with E-state index >= 15 is 0 Å². The minimum absolute atomic E-state index is 0.221. The Morgan fingerprint density at radius 1 is 1.00 bits per heavy atom. The molecular formula is C23H25N3O2. The molecular weight excluding hydrogens is 350 g/mol. The number of aromatic nitrogens is 1. The van der Waals surface area contributed by atoms with Gasteiger partial charge < -0.3 is 15.8 Å². The SMILES string of the molecule is Cc1ccc(C(=O)Nc2ccc(Oc3ccc(CC(C)C)cc3)cc2)c(N)n1. The quantitative estimate of drug-likeness (QED) is 0.619. The third-order valence-electron chi connectivity index (χ3n) is 4.22. The van der Waals surface area contributed by atoms with Gasteiger partial charge in [-0.15, -0.1) is 0 Å². The smallest absolute Gasteiger partial charge is 0.259 e. The zero-order valence-corrected chi connectivity index (χ0v) is 16.4. The van der Waals surface area contributed by atoms with Crippen LogP contribution in [0, 0.1) is 12.8 Å². The highest BCUT2D eigenvalue weighted by Crippen LogP contribution is 2.24. The molecule has 3 aromatic rings. The van der Waals surface area contributed by atoms with Crippen molar-refractivity contribution in [3.63, 3.8) is 0 Å². The van der Waals surface area contributed by atoms with Crippen LogP contribution in [0.3, 0.4) is 0 Å². The minimum Gasteiger partial charge on any atom is -0.457 e. The number of amides is 1. The summed E-state index contributed by atoms with van der Waals surface area (Å²) in [6.07, 6.45) is 1.05. The largest absolute Gasteiger partial charge is 0.457 e. The summed E-state index contributed by atoms with van der Waals surface area (Å²) in [5, 5.41) is 2.82. The number of pyridine rings is 1. The molecule has 0 aliphatic rings. The van der Waals surface area contributed by atoms with Crippen molar-refractivity contribution in [1.29, 1.82) is 0 Å². The number of nitrogens with zero attached hydrogens (tertiary/aromatic N) is 1. The number of carbonyl (C=O) groups excluding carboxylic acids is 1. The molecule has 0 radical (unpaired) electrons. The predicted octanol–water partition coefficient (Wildman–Crippen LogP) is 5.22. The molecule has 144 valence electrons. The number of rotatable bonds is 6. The molecule has 5 nitrogen and oxygen atoms in total. The molecule has 0 saturated heterocycles. The molecule has 0 spiro atoms. The first kappa shape index (κ1) is 19.4. The third-order valence-corrected chi connectivity index (χ3v) is 4.22. The first-order valence-electron chi connectivity index (χ1n) is 9.32. The molecule has 1 heterocycles. The van der Waals surface area contributed by atoms with Crippen molar-refractivity contribution < 1.29 is 9.53 Å². The maximum Gasteiger partial charge on any atom is 0.259 e. The second-order valence-corrected chi connectivity index (χ2v) is 7.21. The number of aryl methyl sites for hydroxylation is 1. The molecule has 0 unspecified atom stereocenters. The van der Waals surface area contributed by atoms with Gasteiger partial charge in [0.1, 0.15) is 17.3 Å². The Morgan fingerprint density at radius 2 is 1.61 bits per heavy atom. The minimum atomic E-state index is -0.292. The van der Waals surface area contributed by atoms with E-state index in [2.05, 4.69) is 36.3 Å². The fourth-order valence-corrected chi connectivity index (χ4v) is 2.87. The van der Waals surface area contributed by atoms with Gasteiger partial charge in [-0.2, -0.15) is 0 Å². The van der Waals surface area contributed by atoms with Crippen LogP contribution in [0.4, 0.5) is 11.5 Å². The van der Waals surface area contributed by atoms with Crippen molar-refractivity contribution in [3.05, 3.63) is 77.5 Å². The van der Waals surface area contributed by atoms with E-state index in [1.54, 1.807) is 24.3 Å². The van der Waals surface area contributed by atoms with Crippen LogP contribution in [-0.2, 0) is 6.42 Å². The third kappa shape index (κ3) is 5.10. The number of nitrogens with one attached hydrogen (secondary N) is 1. The van der Waals surface area contributed by atoms with E-state index in [-0.39, 0.29) is 11.7 Å². The van der Waals surface area contributed by atoms with Crippen LogP contribution < -0.4 is 15.8 Å². The Kier molecular flexibility index (Phi) is 5.94. The van der Waals surface area contributed by atoms with Gasteiger partial charge in [0.25, 0.3) is 5.91 Å². The highest BCUT2D eigenvalue weighted by atomic mass is 16.5. The zero-order valence-electron chi connectivity index (χ0n) is 16.4. The lowest BCUT2D eigenvalue weighted by Gasteiger charge is -2.10. The van der Waals surface area contributed by atoms with Crippen LogP contribution >= 0.6 is 0 Å². The summed E-state index contributed by atoms with van der Waals surface area (Å²) < 4.78 is 5.87. The number of carbonyl (C=O) groups is 1. The molecule has 1 amide bonds. The average molecular weight is 375 g/mol. The molecule has 1 aromatic heterocycles. The Bertz CT molecular complexity index is 949. The number of nitrogen functional groups attached to an aromatic ring is 1. The molecule has 28 heavy (non-hydrogen) atoms. The first-order chi connectivity index (χ1) is 13.4. The molecule has 0 aliphatic carbocycles. The molecule has 0 bridgehead atoms. The van der Waals surface area contributed by atoms with E-state index in [1.165, 1.54) is 5.56 Å². The molecule has 2 aromatic carbocycles. The van der Waals surface area contributed by atoms with Crippen LogP contribution in [0.15, 0.2) is 60.7 Å². The predicted molar refractivity (Wildman–Crippen MR) is 113 cm³/mol. The van der Waals surface area contributed by atoms with Gasteiger partial charge in [0.15, 0.2) is 0 Å². The van der Waals surface area contributed by atoms with Gasteiger partial charge in [-0.25, -0.2) is 4.98 Å². The molecule has 0 fully saturated rings. The molecule has 3 N–H and O–H groups in total. The number of ether oxygens (including phenoxy) is 1. The fourth-order valence-electron chi connectivity index (χ4n) is 2.87. The Morgan fingerprint density at radius 3 is 2.18 bits per heavy atom. The summed E-state index contributed by atoms with van der Waals surface area (Å²) >= 11 is 0. The van der Waals surface area contributed by atoms with Crippen molar-refractivity contribution in [2.75, 3.05) is 11.1 Å². The second-order valence-electron chi connectivity index (χ2n) is 7.21. The van der Waals surface area contributed by atoms with Gasteiger partial charge in [-0.3, -0.25) is 4.79 Å². The van der Waals surface area contributed by atoms with Crippen LogP contribution in [0.2, 0.25) is 0 Å². The first-order valence-corrected chi connectivity index (χ1v) is 9.32. The van der Waals surface area contributed by atoms with Crippen molar-refractivity contribution in [1.82, 2.24) is 4.98 Å². The number of nitrogens with two attached hydrogens (primary N) is 1. The lowest BCUT2D eigenvalue weighted by molar-refractivity contribution is 0.102. The number of hydrogen-bond donors (Lipinski definition) is 2. The summed E-state index contributed by atoms with van der Waals surface area (Å²) in [7, 11) is 0. The molecule has 0 saturated carbocycles. The number of hydrogen-bond acceptors (Lipinski definition) is 4. The number of benzene rings is 2. The van der Waals surface area contributed by atoms with Gasteiger partial charge in [0.2, 0.25) is 0 Å². The lowest BCUT2D eigenvalue weighted by atomic mass is 10.0. The second kappa shape index (κ2) is 8.57. The number of anilines is 2. The van der Waals surface area contributed by atoms with E-state index in [9.17, 15) is 4.79 Å². The highest BCUT2D eigenvalue weighted by Gasteiger charge is 2.11. The molecule has 0 aliphatic heterocycles. The zero-order chi connectivity index (χ0) is 20.1.